The van der Waals surface area contributed by atoms with Crippen LogP contribution in [-0.2, 0) is 4.79 Å². The predicted octanol–water partition coefficient (Wildman–Crippen LogP) is 2.85. The van der Waals surface area contributed by atoms with Crippen molar-refractivity contribution in [3.8, 4) is 0 Å². The molecule has 0 aliphatic rings. The zero-order chi connectivity index (χ0) is 9.68. The van der Waals surface area contributed by atoms with E-state index in [-0.39, 0.29) is 5.78 Å². The average Bonchev–Trinajstić information content (AvgIpc) is 2.15. The molecular weight excluding hydrogens is 160 g/mol. The first-order valence-electron chi connectivity index (χ1n) is 4.13. The zero-order valence-electron chi connectivity index (χ0n) is 7.66. The van der Waals surface area contributed by atoms with Crippen LogP contribution in [0.25, 0.3) is 6.08 Å². The molecule has 0 amide bonds. The summed E-state index contributed by atoms with van der Waals surface area (Å²) >= 11 is 0. The number of hydrogen-bond acceptors (Lipinski definition) is 1. The van der Waals surface area contributed by atoms with Gasteiger partial charge in [-0.3, -0.25) is 4.79 Å². The molecule has 0 aromatic heterocycles. The zero-order valence-corrected chi connectivity index (χ0v) is 7.66. The molecule has 0 unspecified atom stereocenters. The van der Waals surface area contributed by atoms with Crippen molar-refractivity contribution in [2.75, 3.05) is 0 Å². The van der Waals surface area contributed by atoms with Crippen molar-refractivity contribution in [2.45, 2.75) is 6.92 Å². The molecule has 13 heavy (non-hydrogen) atoms. The monoisotopic (exact) mass is 172 g/mol. The second kappa shape index (κ2) is 4.41. The normalized spacial score (nSPS) is 10.2. The first-order valence-corrected chi connectivity index (χ1v) is 4.13. The molecule has 1 rings (SSSR count). The van der Waals surface area contributed by atoms with Crippen molar-refractivity contribution in [3.05, 3.63) is 54.1 Å². The van der Waals surface area contributed by atoms with Gasteiger partial charge >= 0.3 is 0 Å². The molecule has 1 heteroatoms. The van der Waals surface area contributed by atoms with Gasteiger partial charge in [0, 0.05) is 0 Å². The van der Waals surface area contributed by atoms with E-state index in [9.17, 15) is 4.79 Å². The molecule has 0 heterocycles. The maximum Gasteiger partial charge on any atom is 0.180 e. The number of carbonyl (C=O) groups is 1. The van der Waals surface area contributed by atoms with Crippen LogP contribution >= 0.6 is 0 Å². The van der Waals surface area contributed by atoms with E-state index in [1.807, 2.05) is 30.3 Å². The van der Waals surface area contributed by atoms with Crippen LogP contribution in [0.15, 0.2) is 48.6 Å². The van der Waals surface area contributed by atoms with E-state index in [0.717, 1.165) is 5.56 Å². The molecule has 0 aliphatic heterocycles. The Morgan fingerprint density at radius 3 is 2.46 bits per heavy atom. The van der Waals surface area contributed by atoms with E-state index in [2.05, 4.69) is 6.58 Å². The summed E-state index contributed by atoms with van der Waals surface area (Å²) in [5.74, 6) is -0.0242. The summed E-state index contributed by atoms with van der Waals surface area (Å²) in [6.07, 6.45) is 3.33. The van der Waals surface area contributed by atoms with E-state index in [1.54, 1.807) is 13.0 Å². The highest BCUT2D eigenvalue weighted by atomic mass is 16.1. The Kier molecular flexibility index (Phi) is 3.21. The SMILES string of the molecule is C=C(C)C(=O)/C=C/c1ccccc1. The molecule has 1 aromatic carbocycles. The highest BCUT2D eigenvalue weighted by Gasteiger charge is 1.94. The van der Waals surface area contributed by atoms with Crippen LogP contribution in [0.4, 0.5) is 0 Å². The van der Waals surface area contributed by atoms with Gasteiger partial charge in [-0.1, -0.05) is 43.0 Å². The minimum Gasteiger partial charge on any atom is -0.290 e. The summed E-state index contributed by atoms with van der Waals surface area (Å²) in [5, 5.41) is 0. The number of benzene rings is 1. The third-order valence-electron chi connectivity index (χ3n) is 1.65. The Morgan fingerprint density at radius 1 is 1.31 bits per heavy atom. The van der Waals surface area contributed by atoms with Gasteiger partial charge in [0.2, 0.25) is 0 Å². The molecule has 0 fully saturated rings. The smallest absolute Gasteiger partial charge is 0.180 e. The molecule has 0 aliphatic carbocycles. The fourth-order valence-electron chi connectivity index (χ4n) is 0.878. The first-order chi connectivity index (χ1) is 6.20. The Labute approximate surface area is 78.4 Å². The molecule has 0 saturated carbocycles. The Bertz CT molecular complexity index is 333. The van der Waals surface area contributed by atoms with Gasteiger partial charge in [0.1, 0.15) is 0 Å². The van der Waals surface area contributed by atoms with Gasteiger partial charge in [-0.05, 0) is 24.1 Å². The number of allylic oxidation sites excluding steroid dienone is 2. The minimum absolute atomic E-state index is 0.0242. The summed E-state index contributed by atoms with van der Waals surface area (Å²) in [6.45, 7) is 5.27. The summed E-state index contributed by atoms with van der Waals surface area (Å²) in [5.41, 5.74) is 1.59. The van der Waals surface area contributed by atoms with Crippen molar-refractivity contribution in [3.63, 3.8) is 0 Å². The highest BCUT2D eigenvalue weighted by molar-refractivity contribution is 6.05. The third-order valence-corrected chi connectivity index (χ3v) is 1.65. The molecular formula is C12H12O. The highest BCUT2D eigenvalue weighted by Crippen LogP contribution is 2.02. The van der Waals surface area contributed by atoms with Crippen molar-refractivity contribution < 1.29 is 4.79 Å². The summed E-state index contributed by atoms with van der Waals surface area (Å²) in [4.78, 5) is 11.1. The van der Waals surface area contributed by atoms with Crippen LogP contribution in [0, 0.1) is 0 Å². The third kappa shape index (κ3) is 3.08. The lowest BCUT2D eigenvalue weighted by atomic mass is 10.1. The standard InChI is InChI=1S/C12H12O/c1-10(2)12(13)9-8-11-6-4-3-5-7-11/h3-9H,1H2,2H3/b9-8+. The number of carbonyl (C=O) groups excluding carboxylic acids is 1. The molecule has 0 spiro atoms. The molecule has 0 N–H and O–H groups in total. The lowest BCUT2D eigenvalue weighted by Crippen LogP contribution is -1.91. The van der Waals surface area contributed by atoms with Gasteiger partial charge in [0.15, 0.2) is 5.78 Å². The summed E-state index contributed by atoms with van der Waals surface area (Å²) in [6, 6.07) is 9.71. The summed E-state index contributed by atoms with van der Waals surface area (Å²) in [7, 11) is 0. The van der Waals surface area contributed by atoms with Gasteiger partial charge in [-0.25, -0.2) is 0 Å². The number of rotatable bonds is 3. The van der Waals surface area contributed by atoms with Crippen molar-refractivity contribution in [2.24, 2.45) is 0 Å². The summed E-state index contributed by atoms with van der Waals surface area (Å²) < 4.78 is 0. The number of ketones is 1. The van der Waals surface area contributed by atoms with Gasteiger partial charge < -0.3 is 0 Å². The van der Waals surface area contributed by atoms with Crippen LogP contribution in [0.5, 0.6) is 0 Å². The van der Waals surface area contributed by atoms with E-state index in [0.29, 0.717) is 5.57 Å². The molecule has 66 valence electrons. The molecule has 0 saturated heterocycles. The van der Waals surface area contributed by atoms with E-state index in [4.69, 9.17) is 0 Å². The minimum atomic E-state index is -0.0242. The largest absolute Gasteiger partial charge is 0.290 e. The molecule has 0 bridgehead atoms. The van der Waals surface area contributed by atoms with E-state index in [1.165, 1.54) is 6.08 Å². The second-order valence-corrected chi connectivity index (χ2v) is 2.89. The van der Waals surface area contributed by atoms with Crippen LogP contribution in [0.3, 0.4) is 0 Å². The molecule has 1 nitrogen and oxygen atoms in total. The van der Waals surface area contributed by atoms with Gasteiger partial charge in [0.25, 0.3) is 0 Å². The fraction of sp³-hybridized carbons (Fsp3) is 0.0833. The van der Waals surface area contributed by atoms with Crippen molar-refractivity contribution in [1.82, 2.24) is 0 Å². The maximum absolute atomic E-state index is 11.1. The van der Waals surface area contributed by atoms with Gasteiger partial charge in [0.05, 0.1) is 0 Å². The second-order valence-electron chi connectivity index (χ2n) is 2.89. The predicted molar refractivity (Wildman–Crippen MR) is 55.3 cm³/mol. The Balaban J connectivity index is 2.70. The lowest BCUT2D eigenvalue weighted by Gasteiger charge is -1.91. The topological polar surface area (TPSA) is 17.1 Å². The van der Waals surface area contributed by atoms with Crippen molar-refractivity contribution in [1.29, 1.82) is 0 Å². The first kappa shape index (κ1) is 9.46. The maximum atomic E-state index is 11.1. The molecule has 0 radical (unpaired) electrons. The van der Waals surface area contributed by atoms with Crippen LogP contribution < -0.4 is 0 Å². The number of hydrogen-bond donors (Lipinski definition) is 0. The van der Waals surface area contributed by atoms with Gasteiger partial charge in [-0.15, -0.1) is 0 Å². The van der Waals surface area contributed by atoms with Crippen LogP contribution in [0.1, 0.15) is 12.5 Å². The van der Waals surface area contributed by atoms with Crippen molar-refractivity contribution >= 4 is 11.9 Å². The Hall–Kier alpha value is -1.63. The fourth-order valence-corrected chi connectivity index (χ4v) is 0.878. The average molecular weight is 172 g/mol. The van der Waals surface area contributed by atoms with E-state index >= 15 is 0 Å². The van der Waals surface area contributed by atoms with Crippen LogP contribution in [-0.4, -0.2) is 5.78 Å². The lowest BCUT2D eigenvalue weighted by molar-refractivity contribution is -0.111. The van der Waals surface area contributed by atoms with Gasteiger partial charge in [-0.2, -0.15) is 0 Å². The quantitative estimate of drug-likeness (QED) is 0.641. The molecule has 1 aromatic rings. The van der Waals surface area contributed by atoms with Crippen LogP contribution in [0.2, 0.25) is 0 Å². The van der Waals surface area contributed by atoms with E-state index < -0.39 is 0 Å². The Morgan fingerprint density at radius 2 is 1.92 bits per heavy atom. The molecule has 0 atom stereocenters.